The molecular weight excluding hydrogens is 224 g/mol. The predicted octanol–water partition coefficient (Wildman–Crippen LogP) is 1.88. The van der Waals surface area contributed by atoms with E-state index >= 15 is 0 Å². The minimum absolute atomic E-state index is 0.328. The third-order valence-electron chi connectivity index (χ3n) is 5.66. The molecule has 0 aromatic carbocycles. The molecule has 3 N–H and O–H groups in total. The molecule has 3 heteroatoms. The highest BCUT2D eigenvalue weighted by Crippen LogP contribution is 2.41. The molecule has 18 heavy (non-hydrogen) atoms. The second kappa shape index (κ2) is 5.10. The van der Waals surface area contributed by atoms with E-state index in [1.165, 1.54) is 44.9 Å². The van der Waals surface area contributed by atoms with Crippen LogP contribution in [0.4, 0.5) is 0 Å². The Labute approximate surface area is 111 Å². The van der Waals surface area contributed by atoms with Gasteiger partial charge < -0.3 is 10.8 Å². The van der Waals surface area contributed by atoms with Crippen LogP contribution in [0.3, 0.4) is 0 Å². The predicted molar refractivity (Wildman–Crippen MR) is 73.3 cm³/mol. The molecule has 4 unspecified atom stereocenters. The summed E-state index contributed by atoms with van der Waals surface area (Å²) < 4.78 is 0. The second-order valence-electron chi connectivity index (χ2n) is 6.87. The molecule has 3 aliphatic rings. The van der Waals surface area contributed by atoms with Gasteiger partial charge in [0.05, 0.1) is 5.60 Å². The lowest BCUT2D eigenvalue weighted by molar-refractivity contribution is -0.105. The molecule has 4 atom stereocenters. The molecule has 0 spiro atoms. The molecule has 104 valence electrons. The van der Waals surface area contributed by atoms with E-state index in [-0.39, 0.29) is 5.60 Å². The van der Waals surface area contributed by atoms with E-state index in [9.17, 15) is 5.11 Å². The molecule has 1 heterocycles. The van der Waals surface area contributed by atoms with Crippen LogP contribution >= 0.6 is 0 Å². The van der Waals surface area contributed by atoms with Crippen molar-refractivity contribution in [2.75, 3.05) is 13.1 Å². The van der Waals surface area contributed by atoms with Gasteiger partial charge in [0.1, 0.15) is 0 Å². The van der Waals surface area contributed by atoms with E-state index in [2.05, 4.69) is 4.90 Å². The summed E-state index contributed by atoms with van der Waals surface area (Å²) in [7, 11) is 0. The first-order valence-electron chi connectivity index (χ1n) is 7.89. The summed E-state index contributed by atoms with van der Waals surface area (Å²) in [6.07, 6.45) is 10.8. The van der Waals surface area contributed by atoms with E-state index in [4.69, 9.17) is 5.73 Å². The van der Waals surface area contributed by atoms with Crippen molar-refractivity contribution in [1.29, 1.82) is 0 Å². The van der Waals surface area contributed by atoms with Crippen LogP contribution in [0.2, 0.25) is 0 Å². The SMILES string of the molecule is NC1CCCC(N2CCC3(O)CCCCC3C2)C1. The van der Waals surface area contributed by atoms with Gasteiger partial charge in [-0.3, -0.25) is 4.90 Å². The van der Waals surface area contributed by atoms with E-state index < -0.39 is 0 Å². The smallest absolute Gasteiger partial charge is 0.0700 e. The van der Waals surface area contributed by atoms with Gasteiger partial charge in [0.25, 0.3) is 0 Å². The van der Waals surface area contributed by atoms with Gasteiger partial charge in [-0.05, 0) is 38.5 Å². The van der Waals surface area contributed by atoms with Crippen LogP contribution in [0.1, 0.15) is 57.8 Å². The number of rotatable bonds is 1. The van der Waals surface area contributed by atoms with Crippen molar-refractivity contribution in [3.8, 4) is 0 Å². The van der Waals surface area contributed by atoms with Gasteiger partial charge in [0, 0.05) is 31.1 Å². The molecule has 0 radical (unpaired) electrons. The highest BCUT2D eigenvalue weighted by atomic mass is 16.3. The van der Waals surface area contributed by atoms with E-state index in [0.29, 0.717) is 18.0 Å². The van der Waals surface area contributed by atoms with Gasteiger partial charge in [0.2, 0.25) is 0 Å². The molecule has 0 aromatic heterocycles. The van der Waals surface area contributed by atoms with Crippen LogP contribution in [0, 0.1) is 5.92 Å². The Bertz CT molecular complexity index is 296. The minimum Gasteiger partial charge on any atom is -0.390 e. The fourth-order valence-electron chi connectivity index (χ4n) is 4.46. The fraction of sp³-hybridized carbons (Fsp3) is 1.00. The normalized spacial score (nSPS) is 46.7. The largest absolute Gasteiger partial charge is 0.390 e. The van der Waals surface area contributed by atoms with Crippen molar-refractivity contribution in [2.45, 2.75) is 75.5 Å². The summed E-state index contributed by atoms with van der Waals surface area (Å²) in [5, 5.41) is 10.7. The number of aliphatic hydroxyl groups is 1. The molecule has 2 saturated carbocycles. The van der Waals surface area contributed by atoms with Gasteiger partial charge in [0.15, 0.2) is 0 Å². The molecule has 1 aliphatic heterocycles. The molecule has 1 saturated heterocycles. The highest BCUT2D eigenvalue weighted by molar-refractivity contribution is 4.97. The van der Waals surface area contributed by atoms with Crippen molar-refractivity contribution in [3.63, 3.8) is 0 Å². The zero-order chi connectivity index (χ0) is 12.6. The van der Waals surface area contributed by atoms with Gasteiger partial charge >= 0.3 is 0 Å². The molecule has 3 rings (SSSR count). The summed E-state index contributed by atoms with van der Waals surface area (Å²) in [4.78, 5) is 2.64. The monoisotopic (exact) mass is 252 g/mol. The van der Waals surface area contributed by atoms with Crippen LogP contribution in [0.15, 0.2) is 0 Å². The van der Waals surface area contributed by atoms with Crippen LogP contribution in [-0.4, -0.2) is 40.8 Å². The summed E-state index contributed by atoms with van der Waals surface area (Å²) in [5.74, 6) is 0.526. The molecule has 3 nitrogen and oxygen atoms in total. The Balaban J connectivity index is 1.62. The third kappa shape index (κ3) is 2.45. The molecule has 3 fully saturated rings. The van der Waals surface area contributed by atoms with Crippen LogP contribution < -0.4 is 5.73 Å². The summed E-state index contributed by atoms with van der Waals surface area (Å²) >= 11 is 0. The topological polar surface area (TPSA) is 49.5 Å². The quantitative estimate of drug-likeness (QED) is 0.749. The van der Waals surface area contributed by atoms with Gasteiger partial charge in [-0.1, -0.05) is 19.3 Å². The highest BCUT2D eigenvalue weighted by Gasteiger charge is 2.44. The standard InChI is InChI=1S/C15H28N2O/c16-13-5-3-6-14(10-13)17-9-8-15(18)7-2-1-4-12(15)11-17/h12-14,18H,1-11,16H2. The number of nitrogens with zero attached hydrogens (tertiary/aromatic N) is 1. The lowest BCUT2D eigenvalue weighted by Gasteiger charge is -2.50. The van der Waals surface area contributed by atoms with Crippen molar-refractivity contribution in [2.24, 2.45) is 11.7 Å². The summed E-state index contributed by atoms with van der Waals surface area (Å²) in [5.41, 5.74) is 5.79. The third-order valence-corrected chi connectivity index (χ3v) is 5.66. The van der Waals surface area contributed by atoms with Crippen LogP contribution in [0.5, 0.6) is 0 Å². The lowest BCUT2D eigenvalue weighted by atomic mass is 9.70. The Morgan fingerprint density at radius 1 is 1.06 bits per heavy atom. The van der Waals surface area contributed by atoms with Crippen LogP contribution in [0.25, 0.3) is 0 Å². The van der Waals surface area contributed by atoms with E-state index in [1.807, 2.05) is 0 Å². The van der Waals surface area contributed by atoms with E-state index in [0.717, 1.165) is 25.9 Å². The number of fused-ring (bicyclic) bond motifs is 1. The minimum atomic E-state index is -0.328. The van der Waals surface area contributed by atoms with Crippen molar-refractivity contribution in [3.05, 3.63) is 0 Å². The van der Waals surface area contributed by atoms with Gasteiger partial charge in [-0.25, -0.2) is 0 Å². The number of likely N-dealkylation sites (tertiary alicyclic amines) is 1. The van der Waals surface area contributed by atoms with Crippen molar-refractivity contribution >= 4 is 0 Å². The lowest BCUT2D eigenvalue weighted by Crippen LogP contribution is -2.56. The van der Waals surface area contributed by atoms with E-state index in [1.54, 1.807) is 0 Å². The maximum Gasteiger partial charge on any atom is 0.0700 e. The van der Waals surface area contributed by atoms with Crippen molar-refractivity contribution in [1.82, 2.24) is 4.90 Å². The maximum absolute atomic E-state index is 10.7. The van der Waals surface area contributed by atoms with Gasteiger partial charge in [-0.15, -0.1) is 0 Å². The molecule has 2 aliphatic carbocycles. The first kappa shape index (κ1) is 12.9. The Morgan fingerprint density at radius 2 is 1.94 bits per heavy atom. The zero-order valence-corrected chi connectivity index (χ0v) is 11.5. The Morgan fingerprint density at radius 3 is 2.78 bits per heavy atom. The maximum atomic E-state index is 10.7. The zero-order valence-electron chi connectivity index (χ0n) is 11.5. The number of hydrogen-bond acceptors (Lipinski definition) is 3. The molecular formula is C15H28N2O. The molecule has 0 bridgehead atoms. The molecule has 0 aromatic rings. The van der Waals surface area contributed by atoms with Gasteiger partial charge in [-0.2, -0.15) is 0 Å². The second-order valence-corrected chi connectivity index (χ2v) is 6.87. The Hall–Kier alpha value is -0.120. The average Bonchev–Trinajstić information content (AvgIpc) is 2.37. The van der Waals surface area contributed by atoms with Crippen molar-refractivity contribution < 1.29 is 5.11 Å². The number of hydrogen-bond donors (Lipinski definition) is 2. The fourth-order valence-corrected chi connectivity index (χ4v) is 4.46. The average molecular weight is 252 g/mol. The summed E-state index contributed by atoms with van der Waals surface area (Å²) in [6.45, 7) is 2.21. The summed E-state index contributed by atoms with van der Waals surface area (Å²) in [6, 6.07) is 1.11. The Kier molecular flexibility index (Phi) is 3.65. The first-order valence-corrected chi connectivity index (χ1v) is 7.89. The first-order chi connectivity index (χ1) is 8.67. The number of nitrogens with two attached hydrogens (primary N) is 1. The van der Waals surface area contributed by atoms with Crippen LogP contribution in [-0.2, 0) is 0 Å². The number of piperidine rings is 1. The molecule has 0 amide bonds.